The first kappa shape index (κ1) is 23.9. The van der Waals surface area contributed by atoms with Gasteiger partial charge in [-0.3, -0.25) is 14.8 Å². The predicted molar refractivity (Wildman–Crippen MR) is 124 cm³/mol. The SMILES string of the molecule is CC(C)C(=O)N1CCN(c2cnc(-c3ccc(C(F)(F)F)cc3)c(-c3ccncc3Cl)n2)CC1. The number of amides is 1. The van der Waals surface area contributed by atoms with Crippen LogP contribution >= 0.6 is 11.6 Å². The third-order valence-corrected chi connectivity index (χ3v) is 5.98. The second-order valence-corrected chi connectivity index (χ2v) is 8.73. The topological polar surface area (TPSA) is 62.2 Å². The molecule has 1 saturated heterocycles. The van der Waals surface area contributed by atoms with Gasteiger partial charge in [0, 0.05) is 55.6 Å². The third-order valence-electron chi connectivity index (χ3n) is 5.68. The number of hydrogen-bond acceptors (Lipinski definition) is 5. The zero-order valence-electron chi connectivity index (χ0n) is 18.7. The van der Waals surface area contributed by atoms with Crippen LogP contribution in [0.3, 0.4) is 0 Å². The molecule has 1 aliphatic heterocycles. The summed E-state index contributed by atoms with van der Waals surface area (Å²) in [5.41, 5.74) is 1.19. The number of piperazine rings is 1. The van der Waals surface area contributed by atoms with Gasteiger partial charge in [0.15, 0.2) is 0 Å². The van der Waals surface area contributed by atoms with Crippen molar-refractivity contribution in [2.24, 2.45) is 5.92 Å². The molecule has 0 atom stereocenters. The summed E-state index contributed by atoms with van der Waals surface area (Å²) in [6.45, 7) is 6.09. The van der Waals surface area contributed by atoms with Crippen LogP contribution in [0.25, 0.3) is 22.5 Å². The fraction of sp³-hybridized carbons (Fsp3) is 0.333. The van der Waals surface area contributed by atoms with Crippen LogP contribution in [0.5, 0.6) is 0 Å². The first-order valence-corrected chi connectivity index (χ1v) is 11.2. The van der Waals surface area contributed by atoms with Crippen LogP contribution < -0.4 is 4.90 Å². The highest BCUT2D eigenvalue weighted by molar-refractivity contribution is 6.33. The Balaban J connectivity index is 1.69. The summed E-state index contributed by atoms with van der Waals surface area (Å²) in [5, 5.41) is 0.356. The maximum atomic E-state index is 13.0. The summed E-state index contributed by atoms with van der Waals surface area (Å²) in [6, 6.07) is 6.49. The Morgan fingerprint density at radius 1 is 1.00 bits per heavy atom. The minimum atomic E-state index is -4.43. The summed E-state index contributed by atoms with van der Waals surface area (Å²) in [5.74, 6) is 0.664. The monoisotopic (exact) mass is 489 g/mol. The van der Waals surface area contributed by atoms with E-state index < -0.39 is 11.7 Å². The lowest BCUT2D eigenvalue weighted by atomic mass is 10.0. The smallest absolute Gasteiger partial charge is 0.352 e. The molecule has 10 heteroatoms. The normalized spacial score (nSPS) is 14.6. The van der Waals surface area contributed by atoms with E-state index in [9.17, 15) is 18.0 Å². The van der Waals surface area contributed by atoms with E-state index in [0.717, 1.165) is 12.1 Å². The third kappa shape index (κ3) is 4.99. The second kappa shape index (κ2) is 9.58. The molecule has 1 amide bonds. The molecule has 0 aliphatic carbocycles. The lowest BCUT2D eigenvalue weighted by Crippen LogP contribution is -2.50. The Bertz CT molecular complexity index is 1180. The number of nitrogens with zero attached hydrogens (tertiary/aromatic N) is 5. The lowest BCUT2D eigenvalue weighted by molar-refractivity contribution is -0.137. The summed E-state index contributed by atoms with van der Waals surface area (Å²) >= 11 is 6.39. The Kier molecular flexibility index (Phi) is 6.74. The molecule has 4 rings (SSSR count). The lowest BCUT2D eigenvalue weighted by Gasteiger charge is -2.36. The van der Waals surface area contributed by atoms with E-state index in [0.29, 0.717) is 59.5 Å². The van der Waals surface area contributed by atoms with Crippen molar-refractivity contribution in [1.29, 1.82) is 0 Å². The molecule has 3 heterocycles. The zero-order chi connectivity index (χ0) is 24.5. The zero-order valence-corrected chi connectivity index (χ0v) is 19.4. The van der Waals surface area contributed by atoms with Gasteiger partial charge in [0.25, 0.3) is 0 Å². The Hall–Kier alpha value is -3.20. The molecule has 178 valence electrons. The molecule has 0 N–H and O–H groups in total. The fourth-order valence-electron chi connectivity index (χ4n) is 3.84. The van der Waals surface area contributed by atoms with Crippen molar-refractivity contribution in [3.8, 4) is 22.5 Å². The average Bonchev–Trinajstić information content (AvgIpc) is 2.83. The number of rotatable bonds is 4. The molecule has 0 bridgehead atoms. The molecule has 1 fully saturated rings. The molecular formula is C24H23ClF3N5O. The van der Waals surface area contributed by atoms with E-state index >= 15 is 0 Å². The molecule has 0 saturated carbocycles. The summed E-state index contributed by atoms with van der Waals surface area (Å²) in [4.78, 5) is 29.6. The molecular weight excluding hydrogens is 467 g/mol. The number of carbonyl (C=O) groups excluding carboxylic acids is 1. The van der Waals surface area contributed by atoms with Crippen LogP contribution in [0.1, 0.15) is 19.4 Å². The van der Waals surface area contributed by atoms with Gasteiger partial charge in [0.05, 0.1) is 22.5 Å². The van der Waals surface area contributed by atoms with E-state index in [1.54, 1.807) is 18.5 Å². The highest BCUT2D eigenvalue weighted by Crippen LogP contribution is 2.36. The summed E-state index contributed by atoms with van der Waals surface area (Å²) < 4.78 is 39.1. The number of pyridine rings is 1. The number of carbonyl (C=O) groups is 1. The second-order valence-electron chi connectivity index (χ2n) is 8.32. The largest absolute Gasteiger partial charge is 0.416 e. The van der Waals surface area contributed by atoms with Gasteiger partial charge in [-0.05, 0) is 18.2 Å². The molecule has 0 radical (unpaired) electrons. The minimum absolute atomic E-state index is 0.0604. The van der Waals surface area contributed by atoms with E-state index in [4.69, 9.17) is 16.6 Å². The van der Waals surface area contributed by atoms with Gasteiger partial charge in [-0.1, -0.05) is 37.6 Å². The molecule has 34 heavy (non-hydrogen) atoms. The first-order valence-electron chi connectivity index (χ1n) is 10.8. The van der Waals surface area contributed by atoms with E-state index in [2.05, 4.69) is 9.97 Å². The van der Waals surface area contributed by atoms with E-state index in [1.165, 1.54) is 18.3 Å². The Morgan fingerprint density at radius 3 is 2.26 bits per heavy atom. The van der Waals surface area contributed by atoms with Gasteiger partial charge < -0.3 is 9.80 Å². The van der Waals surface area contributed by atoms with Gasteiger partial charge in [0.1, 0.15) is 11.5 Å². The molecule has 3 aromatic rings. The highest BCUT2D eigenvalue weighted by Gasteiger charge is 2.30. The maximum absolute atomic E-state index is 13.0. The van der Waals surface area contributed by atoms with Crippen molar-refractivity contribution < 1.29 is 18.0 Å². The van der Waals surface area contributed by atoms with Crippen molar-refractivity contribution in [1.82, 2.24) is 19.9 Å². The Morgan fingerprint density at radius 2 is 1.68 bits per heavy atom. The van der Waals surface area contributed by atoms with Crippen LogP contribution in [0.4, 0.5) is 19.0 Å². The summed E-state index contributed by atoms with van der Waals surface area (Å²) in [6.07, 6.45) is 0.233. The van der Waals surface area contributed by atoms with Crippen LogP contribution in [-0.2, 0) is 11.0 Å². The maximum Gasteiger partial charge on any atom is 0.416 e. The molecule has 1 aliphatic rings. The molecule has 1 aromatic carbocycles. The standard InChI is InChI=1S/C24H23ClF3N5O/c1-15(2)23(34)33-11-9-32(10-12-33)20-14-30-21(16-3-5-17(6-4-16)24(26,27)28)22(31-20)18-7-8-29-13-19(18)25/h3-8,13-15H,9-12H2,1-2H3. The van der Waals surface area contributed by atoms with Crippen molar-refractivity contribution >= 4 is 23.3 Å². The van der Waals surface area contributed by atoms with Crippen molar-refractivity contribution in [2.45, 2.75) is 20.0 Å². The van der Waals surface area contributed by atoms with Gasteiger partial charge in [-0.25, -0.2) is 4.98 Å². The summed E-state index contributed by atoms with van der Waals surface area (Å²) in [7, 11) is 0. The molecule has 6 nitrogen and oxygen atoms in total. The predicted octanol–water partition coefficient (Wildman–Crippen LogP) is 5.18. The van der Waals surface area contributed by atoms with E-state index in [-0.39, 0.29) is 11.8 Å². The van der Waals surface area contributed by atoms with Crippen molar-refractivity contribution in [3.05, 3.63) is 59.5 Å². The van der Waals surface area contributed by atoms with Crippen LogP contribution in [0.15, 0.2) is 48.9 Å². The number of benzene rings is 1. The number of hydrogen-bond donors (Lipinski definition) is 0. The molecule has 0 unspecified atom stereocenters. The average molecular weight is 490 g/mol. The number of halogens is 4. The minimum Gasteiger partial charge on any atom is -0.352 e. The van der Waals surface area contributed by atoms with Crippen molar-refractivity contribution in [2.75, 3.05) is 31.1 Å². The van der Waals surface area contributed by atoms with Crippen LogP contribution in [0, 0.1) is 5.92 Å². The Labute approximate surface area is 200 Å². The van der Waals surface area contributed by atoms with Gasteiger partial charge in [0.2, 0.25) is 5.91 Å². The molecule has 2 aromatic heterocycles. The van der Waals surface area contributed by atoms with E-state index in [1.807, 2.05) is 23.6 Å². The van der Waals surface area contributed by atoms with Crippen molar-refractivity contribution in [3.63, 3.8) is 0 Å². The first-order chi connectivity index (χ1) is 16.1. The number of aromatic nitrogens is 3. The molecule has 0 spiro atoms. The van der Waals surface area contributed by atoms with Gasteiger partial charge >= 0.3 is 6.18 Å². The van der Waals surface area contributed by atoms with Gasteiger partial charge in [-0.2, -0.15) is 13.2 Å². The van der Waals surface area contributed by atoms with Crippen LogP contribution in [-0.4, -0.2) is 51.9 Å². The highest BCUT2D eigenvalue weighted by atomic mass is 35.5. The van der Waals surface area contributed by atoms with Crippen LogP contribution in [0.2, 0.25) is 5.02 Å². The number of alkyl halides is 3. The fourth-order valence-corrected chi connectivity index (χ4v) is 4.05. The quantitative estimate of drug-likeness (QED) is 0.505. The number of anilines is 1. The van der Waals surface area contributed by atoms with Gasteiger partial charge in [-0.15, -0.1) is 0 Å².